The van der Waals surface area contributed by atoms with Crippen LogP contribution < -0.4 is 5.32 Å². The van der Waals surface area contributed by atoms with Crippen LogP contribution in [0.4, 0.5) is 0 Å². The zero-order valence-electron chi connectivity index (χ0n) is 17.9. The smallest absolute Gasteiger partial charge is 0.251 e. The Bertz CT molecular complexity index is 974. The third kappa shape index (κ3) is 4.88. The van der Waals surface area contributed by atoms with Gasteiger partial charge in [0.2, 0.25) is 5.91 Å². The van der Waals surface area contributed by atoms with E-state index in [0.29, 0.717) is 24.8 Å². The molecule has 152 valence electrons. The summed E-state index contributed by atoms with van der Waals surface area (Å²) in [5.74, 6) is 0.866. The fraction of sp³-hybridized carbons (Fsp3) is 0.391. The molecule has 1 N–H and O–H groups in total. The lowest BCUT2D eigenvalue weighted by atomic mass is 9.96. The lowest BCUT2D eigenvalue weighted by molar-refractivity contribution is -0.120. The van der Waals surface area contributed by atoms with Crippen LogP contribution in [0.5, 0.6) is 0 Å². The van der Waals surface area contributed by atoms with E-state index in [1.807, 2.05) is 52.0 Å². The van der Waals surface area contributed by atoms with E-state index in [9.17, 15) is 4.79 Å². The predicted octanol–water partition coefficient (Wildman–Crippen LogP) is 3.75. The second kappa shape index (κ2) is 8.99. The van der Waals surface area contributed by atoms with Crippen molar-refractivity contribution in [2.45, 2.75) is 53.4 Å². The molecule has 1 atom stereocenters. The Labute approximate surface area is 172 Å². The van der Waals surface area contributed by atoms with Gasteiger partial charge < -0.3 is 5.32 Å². The van der Waals surface area contributed by atoms with E-state index in [1.54, 1.807) is 4.68 Å². The predicted molar refractivity (Wildman–Crippen MR) is 114 cm³/mol. The van der Waals surface area contributed by atoms with E-state index < -0.39 is 0 Å². The first kappa shape index (κ1) is 20.7. The highest BCUT2D eigenvalue weighted by molar-refractivity contribution is 5.79. The standard InChI is InChI=1S/C23H29N5O/c1-6-19(20-10-8-7-9-11-20)14-24-22(29)13-21-17(4)27-28(18(21)5)23-25-15(2)12-16(3)26-23/h7-12,19H,6,13-14H2,1-5H3,(H,24,29). The normalized spacial score (nSPS) is 12.0. The Morgan fingerprint density at radius 1 is 1.07 bits per heavy atom. The summed E-state index contributed by atoms with van der Waals surface area (Å²) in [6.45, 7) is 10.5. The number of carbonyl (C=O) groups excluding carboxylic acids is 1. The fourth-order valence-corrected chi connectivity index (χ4v) is 3.61. The highest BCUT2D eigenvalue weighted by atomic mass is 16.1. The van der Waals surface area contributed by atoms with Gasteiger partial charge in [0.1, 0.15) is 0 Å². The molecule has 0 aliphatic carbocycles. The number of hydrogen-bond acceptors (Lipinski definition) is 4. The van der Waals surface area contributed by atoms with Gasteiger partial charge in [0.05, 0.1) is 12.1 Å². The molecule has 0 saturated heterocycles. The number of carbonyl (C=O) groups is 1. The van der Waals surface area contributed by atoms with Crippen molar-refractivity contribution in [3.05, 3.63) is 70.3 Å². The minimum absolute atomic E-state index is 0.00599. The first-order valence-electron chi connectivity index (χ1n) is 10.1. The summed E-state index contributed by atoms with van der Waals surface area (Å²) in [6, 6.07) is 12.2. The van der Waals surface area contributed by atoms with Gasteiger partial charge in [-0.1, -0.05) is 37.3 Å². The Morgan fingerprint density at radius 2 is 1.72 bits per heavy atom. The maximum atomic E-state index is 12.6. The van der Waals surface area contributed by atoms with Crippen molar-refractivity contribution in [1.29, 1.82) is 0 Å². The molecule has 6 nitrogen and oxygen atoms in total. The van der Waals surface area contributed by atoms with Gasteiger partial charge in [-0.3, -0.25) is 4.79 Å². The molecule has 1 aromatic carbocycles. The number of amides is 1. The number of aryl methyl sites for hydroxylation is 3. The molecular weight excluding hydrogens is 362 g/mol. The van der Waals surface area contributed by atoms with Gasteiger partial charge in [-0.25, -0.2) is 14.6 Å². The molecule has 3 aromatic rings. The molecule has 0 aliphatic rings. The average Bonchev–Trinajstić information content (AvgIpc) is 2.97. The maximum Gasteiger partial charge on any atom is 0.251 e. The van der Waals surface area contributed by atoms with Crippen molar-refractivity contribution >= 4 is 5.91 Å². The van der Waals surface area contributed by atoms with E-state index in [1.165, 1.54) is 5.56 Å². The molecule has 2 heterocycles. The molecule has 6 heteroatoms. The summed E-state index contributed by atoms with van der Waals surface area (Å²) in [4.78, 5) is 21.6. The Balaban J connectivity index is 1.71. The van der Waals surface area contributed by atoms with Gasteiger partial charge in [-0.05, 0) is 45.7 Å². The number of nitrogens with zero attached hydrogens (tertiary/aromatic N) is 4. The van der Waals surface area contributed by atoms with Crippen molar-refractivity contribution < 1.29 is 4.79 Å². The van der Waals surface area contributed by atoms with Crippen molar-refractivity contribution in [1.82, 2.24) is 25.1 Å². The van der Waals surface area contributed by atoms with Crippen LogP contribution in [0, 0.1) is 27.7 Å². The second-order valence-electron chi connectivity index (χ2n) is 7.51. The number of hydrogen-bond donors (Lipinski definition) is 1. The number of aromatic nitrogens is 4. The summed E-state index contributed by atoms with van der Waals surface area (Å²) < 4.78 is 1.73. The molecule has 0 radical (unpaired) electrons. The summed E-state index contributed by atoms with van der Waals surface area (Å²) in [5.41, 5.74) is 5.70. The Morgan fingerprint density at radius 3 is 2.34 bits per heavy atom. The van der Waals surface area contributed by atoms with Crippen molar-refractivity contribution in [3.8, 4) is 5.95 Å². The topological polar surface area (TPSA) is 72.7 Å². The zero-order chi connectivity index (χ0) is 21.0. The van der Waals surface area contributed by atoms with Crippen molar-refractivity contribution in [2.24, 2.45) is 0 Å². The number of nitrogens with one attached hydrogen (secondary N) is 1. The molecule has 0 aliphatic heterocycles. The van der Waals surface area contributed by atoms with E-state index in [0.717, 1.165) is 34.8 Å². The van der Waals surface area contributed by atoms with Crippen LogP contribution in [0.2, 0.25) is 0 Å². The highest BCUT2D eigenvalue weighted by Crippen LogP contribution is 2.19. The molecule has 0 spiro atoms. The van der Waals surface area contributed by atoms with Crippen LogP contribution >= 0.6 is 0 Å². The highest BCUT2D eigenvalue weighted by Gasteiger charge is 2.18. The van der Waals surface area contributed by atoms with Gasteiger partial charge >= 0.3 is 0 Å². The SMILES string of the molecule is CCC(CNC(=O)Cc1c(C)nn(-c2nc(C)cc(C)n2)c1C)c1ccccc1. The number of benzene rings is 1. The Kier molecular flexibility index (Phi) is 6.42. The number of rotatable bonds is 7. The van der Waals surface area contributed by atoms with Crippen LogP contribution in [-0.4, -0.2) is 32.2 Å². The van der Waals surface area contributed by atoms with E-state index in [4.69, 9.17) is 0 Å². The minimum atomic E-state index is 0.00599. The van der Waals surface area contributed by atoms with E-state index in [2.05, 4.69) is 39.4 Å². The molecule has 29 heavy (non-hydrogen) atoms. The fourth-order valence-electron chi connectivity index (χ4n) is 3.61. The van der Waals surface area contributed by atoms with Crippen molar-refractivity contribution in [3.63, 3.8) is 0 Å². The second-order valence-corrected chi connectivity index (χ2v) is 7.51. The molecular formula is C23H29N5O. The largest absolute Gasteiger partial charge is 0.355 e. The van der Waals surface area contributed by atoms with Gasteiger partial charge in [-0.15, -0.1) is 0 Å². The van der Waals surface area contributed by atoms with E-state index >= 15 is 0 Å². The van der Waals surface area contributed by atoms with Crippen LogP contribution in [0.25, 0.3) is 5.95 Å². The summed E-state index contributed by atoms with van der Waals surface area (Å²) in [7, 11) is 0. The first-order chi connectivity index (χ1) is 13.9. The van der Waals surface area contributed by atoms with Gasteiger partial charge in [0.25, 0.3) is 5.95 Å². The zero-order valence-corrected chi connectivity index (χ0v) is 17.9. The molecule has 1 unspecified atom stereocenters. The van der Waals surface area contributed by atoms with Gasteiger partial charge in [-0.2, -0.15) is 5.10 Å². The summed E-state index contributed by atoms with van der Waals surface area (Å²) in [6.07, 6.45) is 1.28. The molecule has 2 aromatic heterocycles. The van der Waals surface area contributed by atoms with Gasteiger partial charge in [0, 0.05) is 35.1 Å². The average molecular weight is 392 g/mol. The molecule has 0 saturated carbocycles. The molecule has 0 fully saturated rings. The van der Waals surface area contributed by atoms with Crippen molar-refractivity contribution in [2.75, 3.05) is 6.54 Å². The van der Waals surface area contributed by atoms with Gasteiger partial charge in [0.15, 0.2) is 0 Å². The van der Waals surface area contributed by atoms with E-state index in [-0.39, 0.29) is 5.91 Å². The summed E-state index contributed by atoms with van der Waals surface area (Å²) >= 11 is 0. The van der Waals surface area contributed by atoms with Crippen LogP contribution in [-0.2, 0) is 11.2 Å². The maximum absolute atomic E-state index is 12.6. The molecule has 0 bridgehead atoms. The monoisotopic (exact) mass is 391 g/mol. The lowest BCUT2D eigenvalue weighted by Crippen LogP contribution is -2.29. The molecule has 1 amide bonds. The van der Waals surface area contributed by atoms with Crippen LogP contribution in [0.15, 0.2) is 36.4 Å². The quantitative estimate of drug-likeness (QED) is 0.666. The van der Waals surface area contributed by atoms with Crippen LogP contribution in [0.1, 0.15) is 53.2 Å². The summed E-state index contributed by atoms with van der Waals surface area (Å²) in [5, 5.41) is 7.68. The first-order valence-corrected chi connectivity index (χ1v) is 10.1. The lowest BCUT2D eigenvalue weighted by Gasteiger charge is -2.16. The van der Waals surface area contributed by atoms with Crippen LogP contribution in [0.3, 0.4) is 0 Å². The Hall–Kier alpha value is -3.02. The third-order valence-electron chi connectivity index (χ3n) is 5.25. The third-order valence-corrected chi connectivity index (χ3v) is 5.25. The minimum Gasteiger partial charge on any atom is -0.355 e. The molecule has 3 rings (SSSR count).